The van der Waals surface area contributed by atoms with Crippen LogP contribution in [0.25, 0.3) is 0 Å². The molecule has 1 aromatic heterocycles. The molecule has 3 rings (SSSR count). The van der Waals surface area contributed by atoms with Crippen molar-refractivity contribution in [2.75, 3.05) is 11.9 Å². The first kappa shape index (κ1) is 11.5. The molecule has 0 aliphatic carbocycles. The molecule has 18 heavy (non-hydrogen) atoms. The number of benzene rings is 1. The lowest BCUT2D eigenvalue weighted by atomic mass is 10.1. The fourth-order valence-electron chi connectivity index (χ4n) is 2.27. The molecule has 1 aromatic carbocycles. The van der Waals surface area contributed by atoms with Crippen molar-refractivity contribution in [1.29, 1.82) is 0 Å². The van der Waals surface area contributed by atoms with Gasteiger partial charge in [0.15, 0.2) is 0 Å². The van der Waals surface area contributed by atoms with Crippen LogP contribution < -0.4 is 10.5 Å². The molecule has 1 aliphatic rings. The van der Waals surface area contributed by atoms with E-state index in [-0.39, 0.29) is 5.56 Å². The SMILES string of the molecule is Cc1nc2n(c(=O)c1Br)Cc1ccccc1N2C. The second-order valence-electron chi connectivity index (χ2n) is 4.39. The average Bonchev–Trinajstić information content (AvgIpc) is 2.38. The van der Waals surface area contributed by atoms with E-state index in [9.17, 15) is 4.79 Å². The molecule has 0 unspecified atom stereocenters. The monoisotopic (exact) mass is 305 g/mol. The Labute approximate surface area is 113 Å². The summed E-state index contributed by atoms with van der Waals surface area (Å²) >= 11 is 3.30. The second-order valence-corrected chi connectivity index (χ2v) is 5.18. The van der Waals surface area contributed by atoms with Crippen LogP contribution in [-0.2, 0) is 6.54 Å². The summed E-state index contributed by atoms with van der Waals surface area (Å²) in [5, 5.41) is 0. The van der Waals surface area contributed by atoms with E-state index >= 15 is 0 Å². The van der Waals surface area contributed by atoms with Gasteiger partial charge in [-0.2, -0.15) is 0 Å². The number of hydrogen-bond acceptors (Lipinski definition) is 3. The zero-order valence-electron chi connectivity index (χ0n) is 10.1. The van der Waals surface area contributed by atoms with Gasteiger partial charge in [-0.1, -0.05) is 18.2 Å². The molecular formula is C13H12BrN3O. The van der Waals surface area contributed by atoms with Gasteiger partial charge in [-0.3, -0.25) is 9.36 Å². The molecule has 0 atom stereocenters. The van der Waals surface area contributed by atoms with Crippen molar-refractivity contribution >= 4 is 27.6 Å². The van der Waals surface area contributed by atoms with Crippen molar-refractivity contribution < 1.29 is 0 Å². The van der Waals surface area contributed by atoms with Gasteiger partial charge >= 0.3 is 0 Å². The number of halogens is 1. The van der Waals surface area contributed by atoms with E-state index in [4.69, 9.17) is 0 Å². The molecule has 1 aliphatic heterocycles. The smallest absolute Gasteiger partial charge is 0.269 e. The summed E-state index contributed by atoms with van der Waals surface area (Å²) in [7, 11) is 1.93. The van der Waals surface area contributed by atoms with E-state index in [0.717, 1.165) is 16.9 Å². The van der Waals surface area contributed by atoms with Crippen molar-refractivity contribution in [2.45, 2.75) is 13.5 Å². The largest absolute Gasteiger partial charge is 0.315 e. The summed E-state index contributed by atoms with van der Waals surface area (Å²) in [6.07, 6.45) is 0. The molecule has 0 N–H and O–H groups in total. The van der Waals surface area contributed by atoms with E-state index in [0.29, 0.717) is 17.0 Å². The molecule has 2 aromatic rings. The number of fused-ring (bicyclic) bond motifs is 2. The molecule has 5 heteroatoms. The number of aromatic nitrogens is 2. The number of aryl methyl sites for hydroxylation is 1. The summed E-state index contributed by atoms with van der Waals surface area (Å²) < 4.78 is 2.23. The maximum Gasteiger partial charge on any atom is 0.269 e. The number of anilines is 2. The van der Waals surface area contributed by atoms with Crippen LogP contribution in [0.1, 0.15) is 11.3 Å². The van der Waals surface area contributed by atoms with Crippen molar-refractivity contribution in [3.8, 4) is 0 Å². The van der Waals surface area contributed by atoms with Crippen LogP contribution in [0.5, 0.6) is 0 Å². The highest BCUT2D eigenvalue weighted by molar-refractivity contribution is 9.10. The zero-order chi connectivity index (χ0) is 12.9. The Hall–Kier alpha value is -1.62. The molecule has 0 saturated heterocycles. The summed E-state index contributed by atoms with van der Waals surface area (Å²) in [6, 6.07) is 8.06. The number of hydrogen-bond donors (Lipinski definition) is 0. The number of nitrogens with zero attached hydrogens (tertiary/aromatic N) is 3. The molecule has 4 nitrogen and oxygen atoms in total. The standard InChI is InChI=1S/C13H12BrN3O/c1-8-11(14)12(18)17-7-9-5-3-4-6-10(9)16(2)13(17)15-8/h3-6H,7H2,1-2H3. The highest BCUT2D eigenvalue weighted by atomic mass is 79.9. The first-order chi connectivity index (χ1) is 8.59. The molecule has 2 heterocycles. The third-order valence-electron chi connectivity index (χ3n) is 3.24. The molecule has 0 amide bonds. The fourth-order valence-corrected chi connectivity index (χ4v) is 2.57. The molecule has 0 saturated carbocycles. The van der Waals surface area contributed by atoms with Gasteiger partial charge in [0.25, 0.3) is 5.56 Å². The minimum atomic E-state index is -0.0288. The molecule has 0 radical (unpaired) electrons. The van der Waals surface area contributed by atoms with Gasteiger partial charge in [-0.05, 0) is 34.5 Å². The highest BCUT2D eigenvalue weighted by Crippen LogP contribution is 2.31. The van der Waals surface area contributed by atoms with Crippen molar-refractivity contribution in [3.05, 3.63) is 50.3 Å². The van der Waals surface area contributed by atoms with Gasteiger partial charge in [-0.15, -0.1) is 0 Å². The molecule has 0 bridgehead atoms. The predicted molar refractivity (Wildman–Crippen MR) is 74.5 cm³/mol. The van der Waals surface area contributed by atoms with Gasteiger partial charge in [0.2, 0.25) is 5.95 Å². The summed E-state index contributed by atoms with van der Waals surface area (Å²) in [6.45, 7) is 2.40. The third kappa shape index (κ3) is 1.50. The Bertz CT molecular complexity index is 693. The van der Waals surface area contributed by atoms with Crippen LogP contribution in [0.15, 0.2) is 33.5 Å². The Balaban J connectivity index is 2.29. The summed E-state index contributed by atoms with van der Waals surface area (Å²) in [4.78, 5) is 18.7. The van der Waals surface area contributed by atoms with Gasteiger partial charge in [-0.25, -0.2) is 4.98 Å². The van der Waals surface area contributed by atoms with Crippen molar-refractivity contribution in [2.24, 2.45) is 0 Å². The number of para-hydroxylation sites is 1. The van der Waals surface area contributed by atoms with Gasteiger partial charge < -0.3 is 4.90 Å². The summed E-state index contributed by atoms with van der Waals surface area (Å²) in [5.41, 5.74) is 2.93. The first-order valence-electron chi connectivity index (χ1n) is 5.68. The van der Waals surface area contributed by atoms with E-state index in [1.54, 1.807) is 4.57 Å². The van der Waals surface area contributed by atoms with Gasteiger partial charge in [0, 0.05) is 12.7 Å². The van der Waals surface area contributed by atoms with Crippen LogP contribution >= 0.6 is 15.9 Å². The van der Waals surface area contributed by atoms with Crippen LogP contribution in [-0.4, -0.2) is 16.6 Å². The van der Waals surface area contributed by atoms with Gasteiger partial charge in [0.1, 0.15) is 4.47 Å². The molecule has 92 valence electrons. The Kier molecular flexibility index (Phi) is 2.52. The van der Waals surface area contributed by atoms with Crippen LogP contribution in [0.3, 0.4) is 0 Å². The van der Waals surface area contributed by atoms with Crippen LogP contribution in [0.4, 0.5) is 11.6 Å². The fraction of sp³-hybridized carbons (Fsp3) is 0.231. The zero-order valence-corrected chi connectivity index (χ0v) is 11.7. The minimum Gasteiger partial charge on any atom is -0.315 e. The summed E-state index contributed by atoms with van der Waals surface area (Å²) in [5.74, 6) is 0.694. The lowest BCUT2D eigenvalue weighted by Gasteiger charge is -2.30. The third-order valence-corrected chi connectivity index (χ3v) is 4.15. The lowest BCUT2D eigenvalue weighted by Crippen LogP contribution is -2.33. The van der Waals surface area contributed by atoms with Gasteiger partial charge in [0.05, 0.1) is 12.2 Å². The van der Waals surface area contributed by atoms with Crippen molar-refractivity contribution in [3.63, 3.8) is 0 Å². The molecule has 0 fully saturated rings. The van der Waals surface area contributed by atoms with E-state index in [2.05, 4.69) is 20.9 Å². The normalized spacial score (nSPS) is 13.2. The maximum atomic E-state index is 12.2. The first-order valence-corrected chi connectivity index (χ1v) is 6.47. The van der Waals surface area contributed by atoms with E-state index in [1.165, 1.54) is 0 Å². The minimum absolute atomic E-state index is 0.0288. The van der Waals surface area contributed by atoms with Crippen molar-refractivity contribution in [1.82, 2.24) is 9.55 Å². The van der Waals surface area contributed by atoms with E-state index in [1.807, 2.05) is 43.1 Å². The van der Waals surface area contributed by atoms with Crippen LogP contribution in [0.2, 0.25) is 0 Å². The average molecular weight is 306 g/mol. The lowest BCUT2D eigenvalue weighted by molar-refractivity contribution is 0.695. The maximum absolute atomic E-state index is 12.2. The highest BCUT2D eigenvalue weighted by Gasteiger charge is 2.23. The molecule has 0 spiro atoms. The Morgan fingerprint density at radius 1 is 1.33 bits per heavy atom. The Morgan fingerprint density at radius 2 is 2.06 bits per heavy atom. The van der Waals surface area contributed by atoms with Crippen LogP contribution in [0, 0.1) is 6.92 Å². The molecular weight excluding hydrogens is 294 g/mol. The van der Waals surface area contributed by atoms with E-state index < -0.39 is 0 Å². The predicted octanol–water partition coefficient (Wildman–Crippen LogP) is 2.44. The topological polar surface area (TPSA) is 38.1 Å². The number of rotatable bonds is 0. The quantitative estimate of drug-likeness (QED) is 0.750. The second kappa shape index (κ2) is 3.95. The Morgan fingerprint density at radius 3 is 2.83 bits per heavy atom.